The van der Waals surface area contributed by atoms with Gasteiger partial charge in [0.25, 0.3) is 0 Å². The monoisotopic (exact) mass is 197 g/mol. The van der Waals surface area contributed by atoms with Gasteiger partial charge in [0, 0.05) is 18.4 Å². The Morgan fingerprint density at radius 1 is 1.57 bits per heavy atom. The second-order valence-corrected chi connectivity index (χ2v) is 3.93. The van der Waals surface area contributed by atoms with Crippen molar-refractivity contribution in [2.45, 2.75) is 32.9 Å². The summed E-state index contributed by atoms with van der Waals surface area (Å²) in [7, 11) is 0. The van der Waals surface area contributed by atoms with E-state index in [1.54, 1.807) is 12.4 Å². The first-order valence-corrected chi connectivity index (χ1v) is 5.05. The Morgan fingerprint density at radius 3 is 2.86 bits per heavy atom. The highest BCUT2D eigenvalue weighted by molar-refractivity contribution is 4.86. The Bertz CT molecular complexity index is 234. The van der Waals surface area contributed by atoms with E-state index in [0.29, 0.717) is 12.5 Å². The standard InChI is InChI=1S/C10H19N3O/c1-8(2)5-9(7-14)13-6-10-11-3-4-12-10/h3-4,8-9,13-14H,5-7H2,1-2H3,(H,11,12)/t9-/m0/s1. The highest BCUT2D eigenvalue weighted by Crippen LogP contribution is 2.04. The van der Waals surface area contributed by atoms with Crippen LogP contribution in [0.3, 0.4) is 0 Å². The summed E-state index contributed by atoms with van der Waals surface area (Å²) in [5, 5.41) is 12.4. The molecule has 0 aliphatic rings. The maximum absolute atomic E-state index is 9.11. The van der Waals surface area contributed by atoms with E-state index in [0.717, 1.165) is 12.2 Å². The van der Waals surface area contributed by atoms with E-state index in [4.69, 9.17) is 5.11 Å². The fraction of sp³-hybridized carbons (Fsp3) is 0.700. The van der Waals surface area contributed by atoms with Gasteiger partial charge in [0.2, 0.25) is 0 Å². The number of nitrogens with one attached hydrogen (secondary N) is 2. The maximum atomic E-state index is 9.11. The molecule has 1 heterocycles. The number of aromatic nitrogens is 2. The molecule has 4 nitrogen and oxygen atoms in total. The molecule has 0 fully saturated rings. The lowest BCUT2D eigenvalue weighted by Crippen LogP contribution is -2.33. The number of nitrogens with zero attached hydrogens (tertiary/aromatic N) is 1. The van der Waals surface area contributed by atoms with Crippen molar-refractivity contribution >= 4 is 0 Å². The van der Waals surface area contributed by atoms with Crippen LogP contribution >= 0.6 is 0 Å². The third-order valence-electron chi connectivity index (χ3n) is 2.09. The van der Waals surface area contributed by atoms with E-state index >= 15 is 0 Å². The lowest BCUT2D eigenvalue weighted by molar-refractivity contribution is 0.223. The molecule has 0 saturated carbocycles. The quantitative estimate of drug-likeness (QED) is 0.635. The van der Waals surface area contributed by atoms with Gasteiger partial charge in [0.15, 0.2) is 0 Å². The molecule has 0 saturated heterocycles. The van der Waals surface area contributed by atoms with Crippen LogP contribution in [-0.4, -0.2) is 27.7 Å². The van der Waals surface area contributed by atoms with Crippen LogP contribution in [0.1, 0.15) is 26.1 Å². The Labute approximate surface area is 84.8 Å². The lowest BCUT2D eigenvalue weighted by atomic mass is 10.0. The summed E-state index contributed by atoms with van der Waals surface area (Å²) in [6.45, 7) is 5.16. The van der Waals surface area contributed by atoms with Crippen LogP contribution in [0.5, 0.6) is 0 Å². The fourth-order valence-electron chi connectivity index (χ4n) is 1.43. The molecule has 4 heteroatoms. The number of H-pyrrole nitrogens is 1. The van der Waals surface area contributed by atoms with Crippen molar-refractivity contribution in [2.24, 2.45) is 5.92 Å². The van der Waals surface area contributed by atoms with Gasteiger partial charge in [-0.25, -0.2) is 4.98 Å². The van der Waals surface area contributed by atoms with Gasteiger partial charge < -0.3 is 15.4 Å². The van der Waals surface area contributed by atoms with Crippen LogP contribution in [0.4, 0.5) is 0 Å². The molecule has 0 aliphatic heterocycles. The highest BCUT2D eigenvalue weighted by atomic mass is 16.3. The van der Waals surface area contributed by atoms with Crippen LogP contribution in [0, 0.1) is 5.92 Å². The van der Waals surface area contributed by atoms with Crippen LogP contribution in [0.25, 0.3) is 0 Å². The topological polar surface area (TPSA) is 60.9 Å². The van der Waals surface area contributed by atoms with Crippen LogP contribution < -0.4 is 5.32 Å². The van der Waals surface area contributed by atoms with Gasteiger partial charge >= 0.3 is 0 Å². The summed E-state index contributed by atoms with van der Waals surface area (Å²) in [4.78, 5) is 7.12. The molecule has 0 aromatic carbocycles. The summed E-state index contributed by atoms with van der Waals surface area (Å²) in [5.41, 5.74) is 0. The van der Waals surface area contributed by atoms with E-state index < -0.39 is 0 Å². The first-order valence-electron chi connectivity index (χ1n) is 5.05. The van der Waals surface area contributed by atoms with Crippen molar-refractivity contribution in [3.8, 4) is 0 Å². The molecule has 0 amide bonds. The van der Waals surface area contributed by atoms with Gasteiger partial charge in [0.05, 0.1) is 13.2 Å². The molecule has 3 N–H and O–H groups in total. The Balaban J connectivity index is 2.27. The largest absolute Gasteiger partial charge is 0.395 e. The molecular weight excluding hydrogens is 178 g/mol. The minimum absolute atomic E-state index is 0.167. The molecule has 0 aliphatic carbocycles. The van der Waals surface area contributed by atoms with E-state index in [9.17, 15) is 0 Å². The van der Waals surface area contributed by atoms with Gasteiger partial charge in [0.1, 0.15) is 5.82 Å². The maximum Gasteiger partial charge on any atom is 0.120 e. The average Bonchev–Trinajstić information content (AvgIpc) is 2.64. The predicted molar refractivity (Wildman–Crippen MR) is 55.8 cm³/mol. The highest BCUT2D eigenvalue weighted by Gasteiger charge is 2.09. The van der Waals surface area contributed by atoms with E-state index in [1.165, 1.54) is 0 Å². The number of aromatic amines is 1. The molecule has 0 unspecified atom stereocenters. The van der Waals surface area contributed by atoms with Gasteiger partial charge in [-0.1, -0.05) is 13.8 Å². The number of imidazole rings is 1. The molecule has 1 rings (SSSR count). The number of aliphatic hydroxyl groups is 1. The average molecular weight is 197 g/mol. The second-order valence-electron chi connectivity index (χ2n) is 3.93. The first-order chi connectivity index (χ1) is 6.72. The van der Waals surface area contributed by atoms with E-state index in [1.807, 2.05) is 0 Å². The van der Waals surface area contributed by atoms with Crippen molar-refractivity contribution in [3.05, 3.63) is 18.2 Å². The number of aliphatic hydroxyl groups excluding tert-OH is 1. The SMILES string of the molecule is CC(C)C[C@@H](CO)NCc1ncc[nH]1. The zero-order valence-corrected chi connectivity index (χ0v) is 8.83. The van der Waals surface area contributed by atoms with Crippen molar-refractivity contribution in [2.75, 3.05) is 6.61 Å². The Hall–Kier alpha value is -0.870. The molecule has 0 radical (unpaired) electrons. The molecule has 0 spiro atoms. The first kappa shape index (κ1) is 11.2. The molecule has 14 heavy (non-hydrogen) atoms. The minimum Gasteiger partial charge on any atom is -0.395 e. The third-order valence-corrected chi connectivity index (χ3v) is 2.09. The molecule has 1 aromatic rings. The molecule has 80 valence electrons. The van der Waals surface area contributed by atoms with Crippen LogP contribution in [-0.2, 0) is 6.54 Å². The summed E-state index contributed by atoms with van der Waals surface area (Å²) in [6.07, 6.45) is 4.51. The predicted octanol–water partition coefficient (Wildman–Crippen LogP) is 0.906. The fourth-order valence-corrected chi connectivity index (χ4v) is 1.43. The normalized spacial score (nSPS) is 13.4. The summed E-state index contributed by atoms with van der Waals surface area (Å²) < 4.78 is 0. The second kappa shape index (κ2) is 5.78. The number of rotatable bonds is 6. The zero-order chi connectivity index (χ0) is 10.4. The van der Waals surface area contributed by atoms with Crippen LogP contribution in [0.2, 0.25) is 0 Å². The number of hydrogen-bond acceptors (Lipinski definition) is 3. The van der Waals surface area contributed by atoms with Gasteiger partial charge in [-0.05, 0) is 12.3 Å². The van der Waals surface area contributed by atoms with Gasteiger partial charge in [-0.15, -0.1) is 0 Å². The lowest BCUT2D eigenvalue weighted by Gasteiger charge is -2.17. The van der Waals surface area contributed by atoms with E-state index in [-0.39, 0.29) is 12.6 Å². The van der Waals surface area contributed by atoms with Crippen molar-refractivity contribution in [1.82, 2.24) is 15.3 Å². The smallest absolute Gasteiger partial charge is 0.120 e. The van der Waals surface area contributed by atoms with Crippen molar-refractivity contribution in [1.29, 1.82) is 0 Å². The summed E-state index contributed by atoms with van der Waals surface area (Å²) >= 11 is 0. The molecule has 1 aromatic heterocycles. The van der Waals surface area contributed by atoms with Crippen molar-refractivity contribution < 1.29 is 5.11 Å². The third kappa shape index (κ3) is 3.89. The summed E-state index contributed by atoms with van der Waals surface area (Å²) in [6, 6.07) is 0.167. The van der Waals surface area contributed by atoms with Crippen molar-refractivity contribution in [3.63, 3.8) is 0 Å². The number of hydrogen-bond donors (Lipinski definition) is 3. The zero-order valence-electron chi connectivity index (χ0n) is 8.83. The van der Waals surface area contributed by atoms with Crippen LogP contribution in [0.15, 0.2) is 12.4 Å². The molecule has 1 atom stereocenters. The Kier molecular flexibility index (Phi) is 4.62. The van der Waals surface area contributed by atoms with Gasteiger partial charge in [-0.2, -0.15) is 0 Å². The minimum atomic E-state index is 0.167. The molecular formula is C10H19N3O. The van der Waals surface area contributed by atoms with E-state index in [2.05, 4.69) is 29.1 Å². The molecule has 0 bridgehead atoms. The Morgan fingerprint density at radius 2 is 2.36 bits per heavy atom. The van der Waals surface area contributed by atoms with Gasteiger partial charge in [-0.3, -0.25) is 0 Å². The summed E-state index contributed by atoms with van der Waals surface area (Å²) in [5.74, 6) is 1.50.